The van der Waals surface area contributed by atoms with E-state index in [1.165, 1.54) is 0 Å². The molecule has 0 aromatic heterocycles. The molecule has 6 nitrogen and oxygen atoms in total. The molecule has 1 fully saturated rings. The van der Waals surface area contributed by atoms with Gasteiger partial charge in [0.05, 0.1) is 0 Å². The van der Waals surface area contributed by atoms with Crippen LogP contribution < -0.4 is 5.73 Å². The van der Waals surface area contributed by atoms with Gasteiger partial charge in [0.15, 0.2) is 0 Å². The van der Waals surface area contributed by atoms with Gasteiger partial charge < -0.3 is 15.6 Å². The minimum absolute atomic E-state index is 0.0730. The van der Waals surface area contributed by atoms with E-state index in [1.54, 1.807) is 20.8 Å². The Kier molecular flexibility index (Phi) is 4.16. The molecule has 0 radical (unpaired) electrons. The Balaban J connectivity index is 2.77. The number of aliphatic hydroxyl groups is 1. The van der Waals surface area contributed by atoms with Gasteiger partial charge in [-0.25, -0.2) is 9.18 Å². The molecule has 0 heterocycles. The van der Waals surface area contributed by atoms with Crippen molar-refractivity contribution < 1.29 is 23.8 Å². The summed E-state index contributed by atoms with van der Waals surface area (Å²) in [6.45, 7) is 4.95. The van der Waals surface area contributed by atoms with Crippen molar-refractivity contribution >= 4 is 12.0 Å². The SMILES string of the molecule is CC(C)(C)OC(=O)N(C1CC(F)C1)[C@H](O)C(N)=O. The summed E-state index contributed by atoms with van der Waals surface area (Å²) in [6, 6.07) is -0.558. The first kappa shape index (κ1) is 14.7. The zero-order valence-corrected chi connectivity index (χ0v) is 10.7. The Bertz CT molecular complexity index is 336. The van der Waals surface area contributed by atoms with E-state index in [0.29, 0.717) is 0 Å². The molecule has 1 saturated carbocycles. The molecule has 0 aliphatic heterocycles. The predicted molar refractivity (Wildman–Crippen MR) is 61.2 cm³/mol. The molecule has 3 N–H and O–H groups in total. The van der Waals surface area contributed by atoms with E-state index in [0.717, 1.165) is 4.90 Å². The lowest BCUT2D eigenvalue weighted by Gasteiger charge is -2.41. The van der Waals surface area contributed by atoms with E-state index < -0.39 is 36.0 Å². The Morgan fingerprint density at radius 3 is 2.28 bits per heavy atom. The molecule has 1 atom stereocenters. The fourth-order valence-corrected chi connectivity index (χ4v) is 1.65. The molecule has 2 amide bonds. The van der Waals surface area contributed by atoms with Crippen LogP contribution in [0.5, 0.6) is 0 Å². The van der Waals surface area contributed by atoms with E-state index >= 15 is 0 Å². The number of amides is 2. The lowest BCUT2D eigenvalue weighted by Crippen LogP contribution is -2.58. The number of rotatable bonds is 3. The Hall–Kier alpha value is -1.37. The van der Waals surface area contributed by atoms with Crippen LogP contribution in [-0.4, -0.2) is 46.0 Å². The molecule has 104 valence electrons. The van der Waals surface area contributed by atoms with Crippen LogP contribution in [-0.2, 0) is 9.53 Å². The molecule has 1 aliphatic carbocycles. The molecular formula is C11H19FN2O4. The molecule has 0 spiro atoms. The highest BCUT2D eigenvalue weighted by Crippen LogP contribution is 2.30. The topological polar surface area (TPSA) is 92.9 Å². The molecule has 0 unspecified atom stereocenters. The van der Waals surface area contributed by atoms with Gasteiger partial charge in [-0.05, 0) is 33.6 Å². The van der Waals surface area contributed by atoms with E-state index in [4.69, 9.17) is 10.5 Å². The zero-order chi connectivity index (χ0) is 14.1. The van der Waals surface area contributed by atoms with E-state index in [1.807, 2.05) is 0 Å². The summed E-state index contributed by atoms with van der Waals surface area (Å²) in [5, 5.41) is 9.60. The van der Waals surface area contributed by atoms with Gasteiger partial charge in [-0.1, -0.05) is 0 Å². The van der Waals surface area contributed by atoms with Crippen molar-refractivity contribution in [1.29, 1.82) is 0 Å². The van der Waals surface area contributed by atoms with Gasteiger partial charge in [0.2, 0.25) is 6.23 Å². The van der Waals surface area contributed by atoms with Crippen molar-refractivity contribution in [3.8, 4) is 0 Å². The van der Waals surface area contributed by atoms with Crippen LogP contribution in [0.4, 0.5) is 9.18 Å². The van der Waals surface area contributed by atoms with Crippen LogP contribution in [0.1, 0.15) is 33.6 Å². The molecule has 0 aromatic carbocycles. The number of primary amides is 1. The first-order valence-corrected chi connectivity index (χ1v) is 5.74. The lowest BCUT2D eigenvalue weighted by molar-refractivity contribution is -0.141. The minimum atomic E-state index is -1.79. The molecular weight excluding hydrogens is 243 g/mol. The van der Waals surface area contributed by atoms with Gasteiger partial charge in [0.25, 0.3) is 5.91 Å². The van der Waals surface area contributed by atoms with Crippen LogP contribution in [0.3, 0.4) is 0 Å². The van der Waals surface area contributed by atoms with Crippen LogP contribution >= 0.6 is 0 Å². The maximum Gasteiger partial charge on any atom is 0.413 e. The summed E-state index contributed by atoms with van der Waals surface area (Å²) in [4.78, 5) is 23.6. The van der Waals surface area contributed by atoms with Gasteiger partial charge in [0.1, 0.15) is 11.8 Å². The van der Waals surface area contributed by atoms with Gasteiger partial charge in [0, 0.05) is 6.04 Å². The lowest BCUT2D eigenvalue weighted by atomic mass is 9.89. The fourth-order valence-electron chi connectivity index (χ4n) is 1.65. The second-order valence-electron chi connectivity index (χ2n) is 5.39. The fraction of sp³-hybridized carbons (Fsp3) is 0.818. The molecule has 18 heavy (non-hydrogen) atoms. The Labute approximate surface area is 105 Å². The quantitative estimate of drug-likeness (QED) is 0.725. The number of nitrogens with two attached hydrogens (primary N) is 1. The van der Waals surface area contributed by atoms with Crippen LogP contribution in [0.2, 0.25) is 0 Å². The summed E-state index contributed by atoms with van der Waals surface area (Å²) in [7, 11) is 0. The highest BCUT2D eigenvalue weighted by atomic mass is 19.1. The van der Waals surface area contributed by atoms with Crippen LogP contribution in [0.25, 0.3) is 0 Å². The van der Waals surface area contributed by atoms with Gasteiger partial charge in [-0.15, -0.1) is 0 Å². The van der Waals surface area contributed by atoms with Gasteiger partial charge >= 0.3 is 6.09 Å². The number of hydrogen-bond donors (Lipinski definition) is 2. The smallest absolute Gasteiger partial charge is 0.413 e. The third kappa shape index (κ3) is 3.56. The first-order chi connectivity index (χ1) is 8.11. The van der Waals surface area contributed by atoms with Crippen molar-refractivity contribution in [2.24, 2.45) is 5.73 Å². The van der Waals surface area contributed by atoms with Crippen LogP contribution in [0.15, 0.2) is 0 Å². The average molecular weight is 262 g/mol. The van der Waals surface area contributed by atoms with Crippen molar-refractivity contribution in [1.82, 2.24) is 4.90 Å². The largest absolute Gasteiger partial charge is 0.444 e. The molecule has 0 saturated heterocycles. The van der Waals surface area contributed by atoms with Crippen LogP contribution in [0, 0.1) is 0 Å². The summed E-state index contributed by atoms with van der Waals surface area (Å²) in [6.07, 6.45) is -3.55. The average Bonchev–Trinajstić information content (AvgIpc) is 2.12. The van der Waals surface area contributed by atoms with Gasteiger partial charge in [-0.2, -0.15) is 0 Å². The minimum Gasteiger partial charge on any atom is -0.444 e. The van der Waals surface area contributed by atoms with Crippen molar-refractivity contribution in [3.05, 3.63) is 0 Å². The normalized spacial score (nSPS) is 24.9. The van der Waals surface area contributed by atoms with Crippen molar-refractivity contribution in [2.75, 3.05) is 0 Å². The third-order valence-electron chi connectivity index (χ3n) is 2.57. The second kappa shape index (κ2) is 5.09. The Morgan fingerprint density at radius 1 is 1.44 bits per heavy atom. The summed E-state index contributed by atoms with van der Waals surface area (Å²) in [5.41, 5.74) is 4.19. The number of ether oxygens (including phenoxy) is 1. The van der Waals surface area contributed by atoms with Crippen molar-refractivity contribution in [2.45, 2.75) is 57.7 Å². The molecule has 0 aromatic rings. The summed E-state index contributed by atoms with van der Waals surface area (Å²) < 4.78 is 17.9. The third-order valence-corrected chi connectivity index (χ3v) is 2.57. The molecule has 1 aliphatic rings. The number of nitrogens with zero attached hydrogens (tertiary/aromatic N) is 1. The van der Waals surface area contributed by atoms with Gasteiger partial charge in [-0.3, -0.25) is 9.69 Å². The van der Waals surface area contributed by atoms with E-state index in [-0.39, 0.29) is 12.8 Å². The first-order valence-electron chi connectivity index (χ1n) is 5.74. The standard InChI is InChI=1S/C11H19FN2O4/c1-11(2,3)18-10(17)14(9(16)8(13)15)7-4-6(12)5-7/h6-7,9,16H,4-5H2,1-3H3,(H2,13,15)/t6?,7?,9-/m1/s1. The predicted octanol–water partition coefficient (Wildman–Crippen LogP) is 0.528. The molecule has 0 bridgehead atoms. The number of alkyl halides is 1. The maximum absolute atomic E-state index is 12.8. The number of hydrogen-bond acceptors (Lipinski definition) is 4. The Morgan fingerprint density at radius 2 is 1.94 bits per heavy atom. The maximum atomic E-state index is 12.8. The molecule has 7 heteroatoms. The summed E-state index contributed by atoms with van der Waals surface area (Å²) >= 11 is 0. The summed E-state index contributed by atoms with van der Waals surface area (Å²) in [5.74, 6) is -1.07. The van der Waals surface area contributed by atoms with Crippen molar-refractivity contribution in [3.63, 3.8) is 0 Å². The van der Waals surface area contributed by atoms with E-state index in [9.17, 15) is 19.1 Å². The highest BCUT2D eigenvalue weighted by Gasteiger charge is 2.42. The second-order valence-corrected chi connectivity index (χ2v) is 5.39. The molecule has 1 rings (SSSR count). The zero-order valence-electron chi connectivity index (χ0n) is 10.7. The van der Waals surface area contributed by atoms with E-state index in [2.05, 4.69) is 0 Å². The monoisotopic (exact) mass is 262 g/mol. The number of carbonyl (C=O) groups excluding carboxylic acids is 2. The number of carbonyl (C=O) groups is 2. The highest BCUT2D eigenvalue weighted by molar-refractivity contribution is 5.83. The number of halogens is 1. The number of aliphatic hydroxyl groups excluding tert-OH is 1.